The molecule has 36 heavy (non-hydrogen) atoms. The number of carbonyl (C=O) groups is 2. The van der Waals surface area contributed by atoms with Crippen molar-refractivity contribution in [2.45, 2.75) is 13.3 Å². The molecule has 0 saturated carbocycles. The smallest absolute Gasteiger partial charge is 0.339 e. The highest BCUT2D eigenvalue weighted by Gasteiger charge is 2.23. The van der Waals surface area contributed by atoms with E-state index in [9.17, 15) is 9.59 Å². The molecule has 0 aliphatic heterocycles. The Balaban J connectivity index is 1.77. The molecule has 2 aromatic heterocycles. The average Bonchev–Trinajstić information content (AvgIpc) is 3.26. The zero-order valence-electron chi connectivity index (χ0n) is 20.3. The van der Waals surface area contributed by atoms with E-state index < -0.39 is 18.5 Å². The van der Waals surface area contributed by atoms with Gasteiger partial charge in [0.25, 0.3) is 5.91 Å². The van der Waals surface area contributed by atoms with Gasteiger partial charge in [-0.25, -0.2) is 14.5 Å². The van der Waals surface area contributed by atoms with Gasteiger partial charge in [-0.1, -0.05) is 18.2 Å². The Morgan fingerprint density at radius 2 is 1.83 bits per heavy atom. The second-order valence-electron chi connectivity index (χ2n) is 8.11. The van der Waals surface area contributed by atoms with Gasteiger partial charge in [-0.15, -0.1) is 0 Å². The van der Waals surface area contributed by atoms with Crippen LogP contribution >= 0.6 is 0 Å². The van der Waals surface area contributed by atoms with Crippen LogP contribution in [0.5, 0.6) is 5.75 Å². The molecule has 182 valence electrons. The number of pyridine rings is 1. The van der Waals surface area contributed by atoms with E-state index in [0.717, 1.165) is 11.3 Å². The molecule has 0 bridgehead atoms. The van der Waals surface area contributed by atoms with E-state index in [0.29, 0.717) is 28.2 Å². The number of esters is 1. The number of rotatable bonds is 8. The number of fused-ring (bicyclic) bond motifs is 1. The fourth-order valence-electron chi connectivity index (χ4n) is 3.77. The number of para-hydroxylation sites is 1. The third-order valence-electron chi connectivity index (χ3n) is 5.73. The molecule has 9 heteroatoms. The lowest BCUT2D eigenvalue weighted by atomic mass is 10.1. The van der Waals surface area contributed by atoms with Crippen molar-refractivity contribution in [1.82, 2.24) is 19.7 Å². The van der Waals surface area contributed by atoms with Gasteiger partial charge in [-0.05, 0) is 49.4 Å². The van der Waals surface area contributed by atoms with E-state index >= 15 is 0 Å². The quantitative estimate of drug-likeness (QED) is 0.349. The van der Waals surface area contributed by atoms with Gasteiger partial charge in [-0.3, -0.25) is 4.79 Å². The number of amides is 1. The van der Waals surface area contributed by atoms with Crippen molar-refractivity contribution in [3.8, 4) is 28.8 Å². The number of nitrogens with zero attached hydrogens (tertiary/aromatic N) is 5. The monoisotopic (exact) mass is 483 g/mol. The minimum atomic E-state index is -0.657. The van der Waals surface area contributed by atoms with E-state index in [1.54, 1.807) is 31.8 Å². The Bertz CT molecular complexity index is 1440. The molecule has 2 aromatic carbocycles. The molecule has 0 aliphatic rings. The molecule has 0 unspecified atom stereocenters. The number of aromatic nitrogens is 3. The number of hydrogen-bond acceptors (Lipinski definition) is 7. The Morgan fingerprint density at radius 1 is 1.11 bits per heavy atom. The molecule has 0 atom stereocenters. The number of ether oxygens (including phenoxy) is 2. The molecular weight excluding hydrogens is 458 g/mol. The van der Waals surface area contributed by atoms with Crippen LogP contribution in [0.2, 0.25) is 0 Å². The van der Waals surface area contributed by atoms with E-state index in [2.05, 4.69) is 5.10 Å². The molecule has 0 N–H and O–H groups in total. The Labute approximate surface area is 208 Å². The summed E-state index contributed by atoms with van der Waals surface area (Å²) in [5.74, 6) is -0.352. The first-order chi connectivity index (χ1) is 17.4. The molecule has 0 aliphatic carbocycles. The fraction of sp³-hybridized carbons (Fsp3) is 0.222. The molecule has 0 saturated heterocycles. The maximum Gasteiger partial charge on any atom is 0.339 e. The second kappa shape index (κ2) is 10.7. The number of aryl methyl sites for hydroxylation is 1. The maximum absolute atomic E-state index is 13.3. The standard InChI is InChI=1S/C27H25N5O4/c1-18-25-22(27(34)36-17-24(33)31(2)15-7-14-28)16-23(19-10-12-21(35-3)13-11-19)29-26(25)32(30-18)20-8-5-4-6-9-20/h4-6,8-13,16H,7,15,17H2,1-3H3. The van der Waals surface area contributed by atoms with Gasteiger partial charge in [0.15, 0.2) is 12.3 Å². The van der Waals surface area contributed by atoms with Crippen molar-refractivity contribution >= 4 is 22.9 Å². The first-order valence-corrected chi connectivity index (χ1v) is 11.3. The van der Waals surface area contributed by atoms with Crippen LogP contribution in [0.3, 0.4) is 0 Å². The van der Waals surface area contributed by atoms with Crippen LogP contribution in [0, 0.1) is 18.3 Å². The predicted octanol–water partition coefficient (Wildman–Crippen LogP) is 3.93. The average molecular weight is 484 g/mol. The molecule has 0 spiro atoms. The van der Waals surface area contributed by atoms with Gasteiger partial charge in [0, 0.05) is 19.2 Å². The fourth-order valence-corrected chi connectivity index (χ4v) is 3.77. The lowest BCUT2D eigenvalue weighted by Gasteiger charge is -2.15. The number of nitriles is 1. The SMILES string of the molecule is COc1ccc(-c2cc(C(=O)OCC(=O)N(C)CCC#N)c3c(C)nn(-c4ccccc4)c3n2)cc1. The van der Waals surface area contributed by atoms with Crippen LogP contribution in [0.25, 0.3) is 28.0 Å². The lowest BCUT2D eigenvalue weighted by molar-refractivity contribution is -0.133. The molecule has 2 heterocycles. The second-order valence-corrected chi connectivity index (χ2v) is 8.11. The van der Waals surface area contributed by atoms with E-state index in [1.165, 1.54) is 4.90 Å². The number of methoxy groups -OCH3 is 1. The van der Waals surface area contributed by atoms with Gasteiger partial charge in [0.05, 0.1) is 47.6 Å². The highest BCUT2D eigenvalue weighted by atomic mass is 16.5. The van der Waals surface area contributed by atoms with E-state index in [1.807, 2.05) is 60.7 Å². The first-order valence-electron chi connectivity index (χ1n) is 11.3. The minimum Gasteiger partial charge on any atom is -0.497 e. The van der Waals surface area contributed by atoms with Gasteiger partial charge >= 0.3 is 5.97 Å². The minimum absolute atomic E-state index is 0.199. The predicted molar refractivity (Wildman–Crippen MR) is 134 cm³/mol. The summed E-state index contributed by atoms with van der Waals surface area (Å²) in [6.45, 7) is 1.62. The van der Waals surface area contributed by atoms with Crippen molar-refractivity contribution in [1.29, 1.82) is 5.26 Å². The van der Waals surface area contributed by atoms with Gasteiger partial charge in [0.2, 0.25) is 0 Å². The summed E-state index contributed by atoms with van der Waals surface area (Å²) in [5.41, 5.74) is 3.48. The third kappa shape index (κ3) is 5.03. The summed E-state index contributed by atoms with van der Waals surface area (Å²) in [6, 6.07) is 20.5. The van der Waals surface area contributed by atoms with Crippen molar-refractivity contribution in [3.05, 3.63) is 71.9 Å². The third-order valence-corrected chi connectivity index (χ3v) is 5.73. The molecule has 0 radical (unpaired) electrons. The summed E-state index contributed by atoms with van der Waals surface area (Å²) in [5, 5.41) is 13.9. The molecule has 4 aromatic rings. The van der Waals surface area contributed by atoms with Gasteiger partial charge in [-0.2, -0.15) is 10.4 Å². The van der Waals surface area contributed by atoms with Crippen LogP contribution in [-0.4, -0.2) is 58.8 Å². The summed E-state index contributed by atoms with van der Waals surface area (Å²) >= 11 is 0. The van der Waals surface area contributed by atoms with Crippen molar-refractivity contribution < 1.29 is 19.1 Å². The zero-order valence-corrected chi connectivity index (χ0v) is 20.3. The van der Waals surface area contributed by atoms with Crippen LogP contribution in [0.15, 0.2) is 60.7 Å². The molecule has 1 amide bonds. The highest BCUT2D eigenvalue weighted by molar-refractivity contribution is 6.05. The van der Waals surface area contributed by atoms with E-state index in [4.69, 9.17) is 19.7 Å². The summed E-state index contributed by atoms with van der Waals surface area (Å²) in [7, 11) is 3.15. The zero-order chi connectivity index (χ0) is 25.7. The molecular formula is C27H25N5O4. The molecule has 4 rings (SSSR count). The summed E-state index contributed by atoms with van der Waals surface area (Å²) < 4.78 is 12.3. The summed E-state index contributed by atoms with van der Waals surface area (Å²) in [4.78, 5) is 31.8. The highest BCUT2D eigenvalue weighted by Crippen LogP contribution is 2.30. The normalized spacial score (nSPS) is 10.6. The van der Waals surface area contributed by atoms with Gasteiger partial charge in [0.1, 0.15) is 5.75 Å². The van der Waals surface area contributed by atoms with Crippen LogP contribution in [0.4, 0.5) is 0 Å². The van der Waals surface area contributed by atoms with Crippen LogP contribution < -0.4 is 4.74 Å². The largest absolute Gasteiger partial charge is 0.497 e. The Kier molecular flexibility index (Phi) is 7.25. The van der Waals surface area contributed by atoms with Crippen LogP contribution in [-0.2, 0) is 9.53 Å². The summed E-state index contributed by atoms with van der Waals surface area (Å²) in [6.07, 6.45) is 0.199. The first kappa shape index (κ1) is 24.4. The number of benzene rings is 2. The number of likely N-dealkylation sites (N-methyl/N-ethyl adjacent to an activating group) is 1. The molecule has 0 fully saturated rings. The Morgan fingerprint density at radius 3 is 2.50 bits per heavy atom. The van der Waals surface area contributed by atoms with Crippen molar-refractivity contribution in [2.75, 3.05) is 27.3 Å². The maximum atomic E-state index is 13.3. The van der Waals surface area contributed by atoms with Crippen molar-refractivity contribution in [3.63, 3.8) is 0 Å². The van der Waals surface area contributed by atoms with Gasteiger partial charge < -0.3 is 14.4 Å². The van der Waals surface area contributed by atoms with E-state index in [-0.39, 0.29) is 18.5 Å². The Hall–Kier alpha value is -4.71. The van der Waals surface area contributed by atoms with Crippen LogP contribution in [0.1, 0.15) is 22.5 Å². The number of hydrogen-bond donors (Lipinski definition) is 0. The lowest BCUT2D eigenvalue weighted by Crippen LogP contribution is -2.32. The van der Waals surface area contributed by atoms with Crippen molar-refractivity contribution in [2.24, 2.45) is 0 Å². The topological polar surface area (TPSA) is 110 Å². The number of carbonyl (C=O) groups excluding carboxylic acids is 2. The molecule has 9 nitrogen and oxygen atoms in total.